The summed E-state index contributed by atoms with van der Waals surface area (Å²) < 4.78 is 21.9. The number of rotatable bonds is 8. The van der Waals surface area contributed by atoms with Crippen molar-refractivity contribution in [3.63, 3.8) is 0 Å². The van der Waals surface area contributed by atoms with Crippen molar-refractivity contribution in [1.82, 2.24) is 14.8 Å². The highest BCUT2D eigenvalue weighted by Gasteiger charge is 2.19. The van der Waals surface area contributed by atoms with Crippen LogP contribution in [0, 0.1) is 19.7 Å². The number of hydrogen-bond donors (Lipinski definition) is 0. The van der Waals surface area contributed by atoms with E-state index < -0.39 is 0 Å². The van der Waals surface area contributed by atoms with E-state index >= 15 is 0 Å². The molecule has 0 N–H and O–H groups in total. The first-order chi connectivity index (χ1) is 13.5. The fraction of sp³-hybridized carbons (Fsp3) is 0.273. The summed E-state index contributed by atoms with van der Waals surface area (Å²) in [5.74, 6) is 1.78. The second kappa shape index (κ2) is 9.06. The topological polar surface area (TPSA) is 39.9 Å². The Kier molecular flexibility index (Phi) is 6.52. The lowest BCUT2D eigenvalue weighted by Crippen LogP contribution is -2.12. The number of ether oxygens (including phenoxy) is 1. The molecule has 3 aromatic rings. The molecule has 0 saturated heterocycles. The number of halogens is 1. The van der Waals surface area contributed by atoms with Gasteiger partial charge in [0.05, 0.1) is 0 Å². The molecular weight excluding hydrogens is 373 g/mol. The van der Waals surface area contributed by atoms with E-state index in [9.17, 15) is 4.39 Å². The molecule has 2 aromatic carbocycles. The summed E-state index contributed by atoms with van der Waals surface area (Å²) in [5.41, 5.74) is 3.04. The van der Waals surface area contributed by atoms with E-state index in [1.165, 1.54) is 29.0 Å². The molecule has 1 unspecified atom stereocenters. The summed E-state index contributed by atoms with van der Waals surface area (Å²) in [6.45, 7) is 10.5. The number of nitrogens with zero attached hydrogens (tertiary/aromatic N) is 3. The third-order valence-electron chi connectivity index (χ3n) is 4.53. The molecule has 146 valence electrons. The zero-order valence-electron chi connectivity index (χ0n) is 16.4. The van der Waals surface area contributed by atoms with E-state index in [0.717, 1.165) is 5.75 Å². The van der Waals surface area contributed by atoms with Gasteiger partial charge in [0.2, 0.25) is 0 Å². The fourth-order valence-corrected chi connectivity index (χ4v) is 3.75. The van der Waals surface area contributed by atoms with Gasteiger partial charge in [-0.25, -0.2) is 4.39 Å². The van der Waals surface area contributed by atoms with Crippen LogP contribution in [0.2, 0.25) is 0 Å². The predicted octanol–water partition coefficient (Wildman–Crippen LogP) is 5.65. The number of aromatic nitrogens is 3. The molecule has 1 aromatic heterocycles. The van der Waals surface area contributed by atoms with Crippen molar-refractivity contribution >= 4 is 11.8 Å². The van der Waals surface area contributed by atoms with Crippen LogP contribution in [-0.2, 0) is 12.3 Å². The second-order valence-electron chi connectivity index (χ2n) is 6.63. The van der Waals surface area contributed by atoms with Crippen LogP contribution in [0.1, 0.15) is 35.5 Å². The van der Waals surface area contributed by atoms with Gasteiger partial charge in [0.1, 0.15) is 11.6 Å². The Labute approximate surface area is 169 Å². The Morgan fingerprint density at radius 1 is 1.18 bits per heavy atom. The van der Waals surface area contributed by atoms with Crippen LogP contribution in [0.15, 0.2) is 60.3 Å². The number of benzene rings is 2. The highest BCUT2D eigenvalue weighted by Crippen LogP contribution is 2.28. The van der Waals surface area contributed by atoms with Gasteiger partial charge in [-0.2, -0.15) is 0 Å². The Bertz CT molecular complexity index is 970. The van der Waals surface area contributed by atoms with Gasteiger partial charge >= 0.3 is 0 Å². The van der Waals surface area contributed by atoms with Gasteiger partial charge < -0.3 is 4.74 Å². The fourth-order valence-electron chi connectivity index (χ4n) is 2.81. The standard InChI is InChI=1S/C22H24FN3OS/c1-5-12-26-21(17(4)27-19-11-10-15(2)16(3)13-19)24-25-22(26)28-14-18-8-6-7-9-20(18)23/h5-11,13,17H,1,12,14H2,2-4H3. The summed E-state index contributed by atoms with van der Waals surface area (Å²) in [6.07, 6.45) is 1.51. The second-order valence-corrected chi connectivity index (χ2v) is 7.57. The van der Waals surface area contributed by atoms with Gasteiger partial charge in [0.25, 0.3) is 0 Å². The lowest BCUT2D eigenvalue weighted by atomic mass is 10.1. The molecule has 28 heavy (non-hydrogen) atoms. The molecule has 3 rings (SSSR count). The minimum absolute atomic E-state index is 0.212. The van der Waals surface area contributed by atoms with E-state index in [0.29, 0.717) is 28.8 Å². The molecule has 0 spiro atoms. The van der Waals surface area contributed by atoms with Gasteiger partial charge in [-0.3, -0.25) is 4.57 Å². The molecule has 0 fully saturated rings. The van der Waals surface area contributed by atoms with E-state index in [1.807, 2.05) is 35.8 Å². The SMILES string of the molecule is C=CCn1c(SCc2ccccc2F)nnc1C(C)Oc1ccc(C)c(C)c1. The molecule has 0 aliphatic heterocycles. The molecule has 1 atom stereocenters. The van der Waals surface area contributed by atoms with Crippen LogP contribution < -0.4 is 4.74 Å². The number of aryl methyl sites for hydroxylation is 2. The highest BCUT2D eigenvalue weighted by atomic mass is 32.2. The lowest BCUT2D eigenvalue weighted by Gasteiger charge is -2.16. The van der Waals surface area contributed by atoms with Crippen molar-refractivity contribution in [2.45, 2.75) is 44.3 Å². The van der Waals surface area contributed by atoms with E-state index in [2.05, 4.69) is 30.6 Å². The molecule has 0 radical (unpaired) electrons. The minimum atomic E-state index is -0.280. The van der Waals surface area contributed by atoms with Gasteiger partial charge in [-0.15, -0.1) is 16.8 Å². The van der Waals surface area contributed by atoms with Gasteiger partial charge in [0, 0.05) is 12.3 Å². The van der Waals surface area contributed by atoms with Crippen LogP contribution in [0.25, 0.3) is 0 Å². The van der Waals surface area contributed by atoms with Crippen LogP contribution in [0.4, 0.5) is 4.39 Å². The Morgan fingerprint density at radius 3 is 2.68 bits per heavy atom. The van der Waals surface area contributed by atoms with Gasteiger partial charge in [-0.05, 0) is 55.7 Å². The smallest absolute Gasteiger partial charge is 0.191 e. The first-order valence-corrected chi connectivity index (χ1v) is 10.1. The molecular formula is C22H24FN3OS. The Hall–Kier alpha value is -2.60. The third-order valence-corrected chi connectivity index (χ3v) is 5.54. The van der Waals surface area contributed by atoms with E-state index in [4.69, 9.17) is 4.74 Å². The minimum Gasteiger partial charge on any atom is -0.483 e. The molecule has 4 nitrogen and oxygen atoms in total. The van der Waals surface area contributed by atoms with Gasteiger partial charge in [-0.1, -0.05) is 42.1 Å². The largest absolute Gasteiger partial charge is 0.483 e. The molecule has 0 bridgehead atoms. The molecule has 0 amide bonds. The summed E-state index contributed by atoms with van der Waals surface area (Å²) in [5, 5.41) is 9.35. The summed E-state index contributed by atoms with van der Waals surface area (Å²) >= 11 is 1.45. The van der Waals surface area contributed by atoms with Crippen molar-refractivity contribution in [2.75, 3.05) is 0 Å². The van der Waals surface area contributed by atoms with Crippen molar-refractivity contribution < 1.29 is 9.13 Å². The zero-order valence-corrected chi connectivity index (χ0v) is 17.2. The van der Waals surface area contributed by atoms with E-state index in [1.54, 1.807) is 18.2 Å². The number of hydrogen-bond acceptors (Lipinski definition) is 4. The maximum absolute atomic E-state index is 13.9. The Balaban J connectivity index is 1.78. The summed E-state index contributed by atoms with van der Waals surface area (Å²) in [4.78, 5) is 0. The van der Waals surface area contributed by atoms with Crippen molar-refractivity contribution in [2.24, 2.45) is 0 Å². The van der Waals surface area contributed by atoms with Crippen LogP contribution in [0.3, 0.4) is 0 Å². The average molecular weight is 398 g/mol. The highest BCUT2D eigenvalue weighted by molar-refractivity contribution is 7.98. The molecule has 6 heteroatoms. The first kappa shape index (κ1) is 20.1. The molecule has 1 heterocycles. The van der Waals surface area contributed by atoms with Crippen molar-refractivity contribution in [1.29, 1.82) is 0 Å². The van der Waals surface area contributed by atoms with Crippen LogP contribution in [0.5, 0.6) is 5.75 Å². The average Bonchev–Trinajstić information content (AvgIpc) is 3.07. The van der Waals surface area contributed by atoms with Gasteiger partial charge in [0.15, 0.2) is 17.1 Å². The van der Waals surface area contributed by atoms with Crippen molar-refractivity contribution in [3.8, 4) is 5.75 Å². The molecule has 0 aliphatic rings. The van der Waals surface area contributed by atoms with E-state index in [-0.39, 0.29) is 11.9 Å². The van der Waals surface area contributed by atoms with Crippen LogP contribution >= 0.6 is 11.8 Å². The first-order valence-electron chi connectivity index (χ1n) is 9.13. The normalized spacial score (nSPS) is 12.0. The monoisotopic (exact) mass is 397 g/mol. The number of allylic oxidation sites excluding steroid dienone is 1. The Morgan fingerprint density at radius 2 is 1.96 bits per heavy atom. The predicted molar refractivity (Wildman–Crippen MR) is 111 cm³/mol. The zero-order chi connectivity index (χ0) is 20.1. The maximum atomic E-state index is 13.9. The molecule has 0 saturated carbocycles. The maximum Gasteiger partial charge on any atom is 0.191 e. The summed E-state index contributed by atoms with van der Waals surface area (Å²) in [6, 6.07) is 12.8. The summed E-state index contributed by atoms with van der Waals surface area (Å²) in [7, 11) is 0. The van der Waals surface area contributed by atoms with Crippen molar-refractivity contribution in [3.05, 3.63) is 83.5 Å². The molecule has 0 aliphatic carbocycles. The quantitative estimate of drug-likeness (QED) is 0.364. The lowest BCUT2D eigenvalue weighted by molar-refractivity contribution is 0.210. The number of thioether (sulfide) groups is 1. The van der Waals surface area contributed by atoms with Crippen LogP contribution in [-0.4, -0.2) is 14.8 Å². The third kappa shape index (κ3) is 4.62.